The van der Waals surface area contributed by atoms with Crippen LogP contribution in [-0.2, 0) is 13.1 Å². The van der Waals surface area contributed by atoms with Crippen LogP contribution in [0.25, 0.3) is 0 Å². The summed E-state index contributed by atoms with van der Waals surface area (Å²) >= 11 is 0. The minimum Gasteiger partial charge on any atom is -0.368 e. The third-order valence-electron chi connectivity index (χ3n) is 7.60. The van der Waals surface area contributed by atoms with Crippen molar-refractivity contribution in [3.05, 3.63) is 102 Å². The molecular weight excluding hydrogens is 406 g/mol. The van der Waals surface area contributed by atoms with Gasteiger partial charge in [0.25, 0.3) is 0 Å². The van der Waals surface area contributed by atoms with Crippen molar-refractivity contribution in [3.63, 3.8) is 0 Å². The van der Waals surface area contributed by atoms with Crippen LogP contribution < -0.4 is 5.32 Å². The topological polar surface area (TPSA) is 45.5 Å². The van der Waals surface area contributed by atoms with Crippen LogP contribution in [-0.4, -0.2) is 32.9 Å². The fourth-order valence-electron chi connectivity index (χ4n) is 5.92. The third-order valence-corrected chi connectivity index (χ3v) is 7.60. The molecule has 5 heteroatoms. The maximum absolute atomic E-state index is 4.74. The van der Waals surface area contributed by atoms with Crippen molar-refractivity contribution in [1.29, 1.82) is 0 Å². The molecule has 3 aliphatic rings. The van der Waals surface area contributed by atoms with E-state index in [1.54, 1.807) is 0 Å². The Morgan fingerprint density at radius 1 is 0.970 bits per heavy atom. The number of nitrogens with zero attached hydrogens (tertiary/aromatic N) is 4. The maximum atomic E-state index is 4.74. The molecule has 0 saturated heterocycles. The summed E-state index contributed by atoms with van der Waals surface area (Å²) < 4.78 is 2.43. The van der Waals surface area contributed by atoms with E-state index in [0.717, 1.165) is 25.3 Å². The number of rotatable bonds is 6. The Morgan fingerprint density at radius 2 is 1.67 bits per heavy atom. The van der Waals surface area contributed by atoms with E-state index in [-0.39, 0.29) is 12.2 Å². The zero-order valence-corrected chi connectivity index (χ0v) is 19.1. The Kier molecular flexibility index (Phi) is 5.35. The summed E-state index contributed by atoms with van der Waals surface area (Å²) in [6, 6.07) is 22.6. The largest absolute Gasteiger partial charge is 0.368 e. The number of benzene rings is 2. The van der Waals surface area contributed by atoms with E-state index in [4.69, 9.17) is 4.98 Å². The first-order valence-electron chi connectivity index (χ1n) is 12.1. The molecule has 0 amide bonds. The van der Waals surface area contributed by atoms with Gasteiger partial charge in [-0.1, -0.05) is 67.6 Å². The summed E-state index contributed by atoms with van der Waals surface area (Å²) in [6.45, 7) is 4.38. The zero-order valence-electron chi connectivity index (χ0n) is 19.1. The van der Waals surface area contributed by atoms with E-state index in [0.29, 0.717) is 17.9 Å². The molecule has 0 radical (unpaired) electrons. The van der Waals surface area contributed by atoms with E-state index in [2.05, 4.69) is 99.6 Å². The van der Waals surface area contributed by atoms with Gasteiger partial charge in [-0.3, -0.25) is 9.89 Å². The van der Waals surface area contributed by atoms with Crippen molar-refractivity contribution in [2.24, 2.45) is 10.9 Å². The van der Waals surface area contributed by atoms with E-state index in [1.165, 1.54) is 23.2 Å². The van der Waals surface area contributed by atoms with Crippen molar-refractivity contribution < 1.29 is 0 Å². The minimum atomic E-state index is 0.102. The predicted octanol–water partition coefficient (Wildman–Crippen LogP) is 4.88. The van der Waals surface area contributed by atoms with Gasteiger partial charge in [-0.25, -0.2) is 4.98 Å². The molecule has 5 nitrogen and oxygen atoms in total. The smallest absolute Gasteiger partial charge is 0.151 e. The Balaban J connectivity index is 1.27. The Morgan fingerprint density at radius 3 is 2.36 bits per heavy atom. The van der Waals surface area contributed by atoms with Gasteiger partial charge in [-0.05, 0) is 42.2 Å². The Bertz CT molecular complexity index is 1110. The molecule has 5 unspecified atom stereocenters. The van der Waals surface area contributed by atoms with Gasteiger partial charge >= 0.3 is 0 Å². The molecule has 1 saturated carbocycles. The molecular formula is C28H31N5. The molecule has 3 heterocycles. The normalized spacial score (nSPS) is 27.5. The SMILES string of the molecule is CC1CC(N(Cc2ccccc2)Cc2ccccc2)CC1c1cnc2n1C1C=CNC1N=C2. The van der Waals surface area contributed by atoms with Gasteiger partial charge in [-0.15, -0.1) is 0 Å². The van der Waals surface area contributed by atoms with E-state index in [1.807, 2.05) is 12.4 Å². The maximum Gasteiger partial charge on any atom is 0.151 e. The first kappa shape index (κ1) is 20.4. The standard InChI is InChI=1S/C28H31N5/c1-20-14-23(32(18-21-8-4-2-5-9-21)19-22-10-6-3-7-11-22)15-24(20)26-16-30-27-17-31-28-25(33(26)27)12-13-29-28/h2-13,16-17,20,23-25,28-29H,14-15,18-19H2,1H3. The fourth-order valence-corrected chi connectivity index (χ4v) is 5.92. The first-order chi connectivity index (χ1) is 16.3. The molecule has 3 aromatic rings. The second-order valence-corrected chi connectivity index (χ2v) is 9.74. The highest BCUT2D eigenvalue weighted by Gasteiger charge is 2.40. The summed E-state index contributed by atoms with van der Waals surface area (Å²) in [4.78, 5) is 12.1. The van der Waals surface area contributed by atoms with Crippen LogP contribution in [0, 0.1) is 5.92 Å². The summed E-state index contributed by atoms with van der Waals surface area (Å²) in [5.74, 6) is 2.10. The first-order valence-corrected chi connectivity index (χ1v) is 12.1. The molecule has 2 aromatic carbocycles. The highest BCUT2D eigenvalue weighted by atomic mass is 15.2. The number of hydrogen-bond donors (Lipinski definition) is 1. The average molecular weight is 438 g/mol. The van der Waals surface area contributed by atoms with Gasteiger partial charge in [0.05, 0.1) is 12.3 Å². The second-order valence-electron chi connectivity index (χ2n) is 9.74. The number of imidazole rings is 1. The Labute approximate surface area is 195 Å². The lowest BCUT2D eigenvalue weighted by molar-refractivity contribution is 0.176. The highest BCUT2D eigenvalue weighted by Crippen LogP contribution is 2.44. The molecule has 1 aliphatic carbocycles. The van der Waals surface area contributed by atoms with Crippen LogP contribution >= 0.6 is 0 Å². The molecule has 5 atom stereocenters. The lowest BCUT2D eigenvalue weighted by atomic mass is 9.94. The van der Waals surface area contributed by atoms with Gasteiger partial charge in [0.15, 0.2) is 5.82 Å². The van der Waals surface area contributed by atoms with Gasteiger partial charge in [0.1, 0.15) is 6.17 Å². The fraction of sp³-hybridized carbons (Fsp3) is 0.357. The number of aromatic nitrogens is 2. The quantitative estimate of drug-likeness (QED) is 0.598. The Hall–Kier alpha value is -3.18. The third kappa shape index (κ3) is 3.91. The molecule has 1 N–H and O–H groups in total. The van der Waals surface area contributed by atoms with Gasteiger partial charge in [0, 0.05) is 36.9 Å². The van der Waals surface area contributed by atoms with Gasteiger partial charge in [-0.2, -0.15) is 0 Å². The monoisotopic (exact) mass is 437 g/mol. The molecule has 33 heavy (non-hydrogen) atoms. The highest BCUT2D eigenvalue weighted by molar-refractivity contribution is 5.76. The van der Waals surface area contributed by atoms with Crippen LogP contribution in [0.4, 0.5) is 0 Å². The second kappa shape index (κ2) is 8.64. The van der Waals surface area contributed by atoms with E-state index >= 15 is 0 Å². The number of hydrogen-bond acceptors (Lipinski definition) is 4. The van der Waals surface area contributed by atoms with E-state index in [9.17, 15) is 0 Å². The number of fused-ring (bicyclic) bond motifs is 3. The average Bonchev–Trinajstić information content (AvgIpc) is 3.57. The summed E-state index contributed by atoms with van der Waals surface area (Å²) in [6.07, 6.45) is 10.8. The predicted molar refractivity (Wildman–Crippen MR) is 132 cm³/mol. The molecule has 6 rings (SSSR count). The van der Waals surface area contributed by atoms with Crippen LogP contribution in [0.15, 0.2) is 84.1 Å². The van der Waals surface area contributed by atoms with Crippen molar-refractivity contribution in [1.82, 2.24) is 19.8 Å². The van der Waals surface area contributed by atoms with Crippen LogP contribution in [0.5, 0.6) is 0 Å². The summed E-state index contributed by atoms with van der Waals surface area (Å²) in [5.41, 5.74) is 4.13. The van der Waals surface area contributed by atoms with Crippen molar-refractivity contribution in [3.8, 4) is 0 Å². The van der Waals surface area contributed by atoms with Gasteiger partial charge in [0.2, 0.25) is 0 Å². The molecule has 0 bridgehead atoms. The zero-order chi connectivity index (χ0) is 22.2. The lowest BCUT2D eigenvalue weighted by Crippen LogP contribution is -2.33. The minimum absolute atomic E-state index is 0.102. The van der Waals surface area contributed by atoms with Crippen LogP contribution in [0.1, 0.15) is 54.4 Å². The molecule has 1 aromatic heterocycles. The van der Waals surface area contributed by atoms with Crippen molar-refractivity contribution in [2.75, 3.05) is 0 Å². The number of nitrogens with one attached hydrogen (secondary N) is 1. The molecule has 0 spiro atoms. The van der Waals surface area contributed by atoms with Crippen LogP contribution in [0.2, 0.25) is 0 Å². The van der Waals surface area contributed by atoms with Crippen molar-refractivity contribution in [2.45, 2.75) is 57.0 Å². The molecule has 168 valence electrons. The molecule has 1 fully saturated rings. The van der Waals surface area contributed by atoms with Crippen molar-refractivity contribution >= 4 is 6.21 Å². The lowest BCUT2D eigenvalue weighted by Gasteiger charge is -2.30. The number of aliphatic imine (C=N–C) groups is 1. The summed E-state index contributed by atoms with van der Waals surface area (Å²) in [7, 11) is 0. The molecule has 2 aliphatic heterocycles. The van der Waals surface area contributed by atoms with Crippen LogP contribution in [0.3, 0.4) is 0 Å². The van der Waals surface area contributed by atoms with E-state index < -0.39 is 0 Å². The van der Waals surface area contributed by atoms with Gasteiger partial charge < -0.3 is 9.88 Å². The summed E-state index contributed by atoms with van der Waals surface area (Å²) in [5, 5.41) is 3.36.